The number of rotatable bonds is 12. The van der Waals surface area contributed by atoms with Gasteiger partial charge in [-0.1, -0.05) is 42.0 Å². The number of benzene rings is 1. The third-order valence-corrected chi connectivity index (χ3v) is 5.24. The number of nitrogens with zero attached hydrogens (tertiary/aromatic N) is 1. The van der Waals surface area contributed by atoms with Crippen LogP contribution in [0.15, 0.2) is 66.1 Å². The highest BCUT2D eigenvalue weighted by atomic mass is 16.4. The molecule has 1 aromatic carbocycles. The van der Waals surface area contributed by atoms with Gasteiger partial charge in [0.05, 0.1) is 6.54 Å². The fraction of sp³-hybridized carbons (Fsp3) is 0.440. The molecule has 1 heterocycles. The second kappa shape index (κ2) is 10.4. The van der Waals surface area contributed by atoms with Gasteiger partial charge in [0.25, 0.3) is 0 Å². The molecule has 3 heteroatoms. The van der Waals surface area contributed by atoms with Crippen molar-refractivity contribution in [2.24, 2.45) is 0 Å². The SMILES string of the molecule is C=CCCC(O)(CCC=C)c1ccc(CN(Cc2ccc(C)cc2)C(C)C)o1. The molecule has 1 aromatic heterocycles. The van der Waals surface area contributed by atoms with E-state index in [4.69, 9.17) is 4.42 Å². The van der Waals surface area contributed by atoms with Crippen molar-refractivity contribution in [1.82, 2.24) is 4.90 Å². The van der Waals surface area contributed by atoms with Crippen LogP contribution in [-0.2, 0) is 18.7 Å². The van der Waals surface area contributed by atoms with Gasteiger partial charge in [0, 0.05) is 12.6 Å². The minimum atomic E-state index is -0.972. The number of hydrogen-bond acceptors (Lipinski definition) is 3. The molecular weight excluding hydrogens is 346 g/mol. The number of allylic oxidation sites excluding steroid dienone is 2. The van der Waals surface area contributed by atoms with Crippen LogP contribution in [0.1, 0.15) is 62.2 Å². The van der Waals surface area contributed by atoms with Crippen molar-refractivity contribution in [3.63, 3.8) is 0 Å². The van der Waals surface area contributed by atoms with Crippen LogP contribution in [0.2, 0.25) is 0 Å². The molecule has 0 amide bonds. The highest BCUT2D eigenvalue weighted by Gasteiger charge is 2.31. The largest absolute Gasteiger partial charge is 0.462 e. The van der Waals surface area contributed by atoms with Gasteiger partial charge in [0.15, 0.2) is 0 Å². The molecule has 2 rings (SSSR count). The average Bonchev–Trinajstić information content (AvgIpc) is 3.15. The Balaban J connectivity index is 2.13. The first-order chi connectivity index (χ1) is 13.4. The Morgan fingerprint density at radius 1 is 1.00 bits per heavy atom. The minimum absolute atomic E-state index is 0.385. The number of hydrogen-bond donors (Lipinski definition) is 1. The summed E-state index contributed by atoms with van der Waals surface area (Å²) >= 11 is 0. The van der Waals surface area contributed by atoms with E-state index >= 15 is 0 Å². The molecule has 0 spiro atoms. The van der Waals surface area contributed by atoms with E-state index in [0.29, 0.717) is 31.2 Å². The van der Waals surface area contributed by atoms with Crippen LogP contribution >= 0.6 is 0 Å². The zero-order valence-corrected chi connectivity index (χ0v) is 17.7. The van der Waals surface area contributed by atoms with Crippen LogP contribution in [-0.4, -0.2) is 16.0 Å². The first-order valence-electron chi connectivity index (χ1n) is 10.2. The van der Waals surface area contributed by atoms with E-state index in [1.165, 1.54) is 11.1 Å². The Labute approximate surface area is 170 Å². The molecule has 3 nitrogen and oxygen atoms in total. The maximum atomic E-state index is 11.2. The Kier molecular flexibility index (Phi) is 8.28. The van der Waals surface area contributed by atoms with Gasteiger partial charge in [-0.2, -0.15) is 0 Å². The first kappa shape index (κ1) is 22.2. The average molecular weight is 382 g/mol. The molecule has 0 saturated carbocycles. The predicted octanol–water partition coefficient (Wildman–Crippen LogP) is 6.12. The van der Waals surface area contributed by atoms with Gasteiger partial charge in [0.2, 0.25) is 0 Å². The molecule has 0 bridgehead atoms. The Morgan fingerprint density at radius 3 is 2.14 bits per heavy atom. The summed E-state index contributed by atoms with van der Waals surface area (Å²) in [5.41, 5.74) is 1.59. The zero-order valence-electron chi connectivity index (χ0n) is 17.7. The van der Waals surface area contributed by atoms with E-state index in [0.717, 1.165) is 25.1 Å². The van der Waals surface area contributed by atoms with Gasteiger partial charge in [-0.15, -0.1) is 13.2 Å². The second-order valence-electron chi connectivity index (χ2n) is 7.94. The molecule has 2 aromatic rings. The van der Waals surface area contributed by atoms with Gasteiger partial charge >= 0.3 is 0 Å². The van der Waals surface area contributed by atoms with Gasteiger partial charge in [-0.25, -0.2) is 0 Å². The summed E-state index contributed by atoms with van der Waals surface area (Å²) in [7, 11) is 0. The Hall–Kier alpha value is -2.10. The summed E-state index contributed by atoms with van der Waals surface area (Å²) in [6, 6.07) is 13.0. The lowest BCUT2D eigenvalue weighted by molar-refractivity contribution is -0.00232. The topological polar surface area (TPSA) is 36.6 Å². The van der Waals surface area contributed by atoms with Gasteiger partial charge in [-0.3, -0.25) is 4.90 Å². The quantitative estimate of drug-likeness (QED) is 0.450. The van der Waals surface area contributed by atoms with Crippen molar-refractivity contribution in [2.45, 2.75) is 71.2 Å². The summed E-state index contributed by atoms with van der Waals surface area (Å²) < 4.78 is 6.12. The van der Waals surface area contributed by atoms with E-state index in [1.807, 2.05) is 24.3 Å². The van der Waals surface area contributed by atoms with Crippen LogP contribution in [0.4, 0.5) is 0 Å². The molecule has 152 valence electrons. The third-order valence-electron chi connectivity index (χ3n) is 5.24. The molecule has 1 N–H and O–H groups in total. The van der Waals surface area contributed by atoms with Crippen molar-refractivity contribution in [3.05, 3.63) is 84.4 Å². The molecule has 0 unspecified atom stereocenters. The van der Waals surface area contributed by atoms with Crippen LogP contribution in [0.5, 0.6) is 0 Å². The monoisotopic (exact) mass is 381 g/mol. The first-order valence-corrected chi connectivity index (χ1v) is 10.2. The second-order valence-corrected chi connectivity index (χ2v) is 7.94. The van der Waals surface area contributed by atoms with Gasteiger partial charge in [0.1, 0.15) is 17.1 Å². The number of aliphatic hydroxyl groups is 1. The summed E-state index contributed by atoms with van der Waals surface area (Å²) in [4.78, 5) is 2.37. The predicted molar refractivity (Wildman–Crippen MR) is 117 cm³/mol. The standard InChI is InChI=1S/C25H35NO2/c1-6-8-16-25(27,17-9-7-2)24-15-14-23(28-24)19-26(20(3)4)18-22-12-10-21(5)11-13-22/h6-7,10-15,20,27H,1-2,8-9,16-19H2,3-5H3. The zero-order chi connectivity index (χ0) is 20.6. The highest BCUT2D eigenvalue weighted by molar-refractivity contribution is 5.21. The molecule has 0 radical (unpaired) electrons. The van der Waals surface area contributed by atoms with Crippen molar-refractivity contribution in [1.29, 1.82) is 0 Å². The van der Waals surface area contributed by atoms with Crippen molar-refractivity contribution in [3.8, 4) is 0 Å². The highest BCUT2D eigenvalue weighted by Crippen LogP contribution is 2.33. The van der Waals surface area contributed by atoms with Crippen LogP contribution in [0.3, 0.4) is 0 Å². The smallest absolute Gasteiger partial charge is 0.135 e. The van der Waals surface area contributed by atoms with E-state index < -0.39 is 5.60 Å². The Morgan fingerprint density at radius 2 is 1.61 bits per heavy atom. The fourth-order valence-corrected chi connectivity index (χ4v) is 3.32. The Bertz CT molecular complexity index is 730. The number of furan rings is 1. The maximum Gasteiger partial charge on any atom is 0.135 e. The maximum absolute atomic E-state index is 11.2. The van der Waals surface area contributed by atoms with E-state index in [-0.39, 0.29) is 0 Å². The van der Waals surface area contributed by atoms with E-state index in [2.05, 4.69) is 63.1 Å². The molecule has 0 saturated heterocycles. The van der Waals surface area contributed by atoms with E-state index in [1.54, 1.807) is 0 Å². The van der Waals surface area contributed by atoms with Crippen molar-refractivity contribution in [2.75, 3.05) is 0 Å². The number of aryl methyl sites for hydroxylation is 1. The van der Waals surface area contributed by atoms with Gasteiger partial charge < -0.3 is 9.52 Å². The van der Waals surface area contributed by atoms with Crippen LogP contribution < -0.4 is 0 Å². The van der Waals surface area contributed by atoms with Crippen molar-refractivity contribution < 1.29 is 9.52 Å². The molecule has 0 aliphatic carbocycles. The third kappa shape index (κ3) is 6.22. The summed E-state index contributed by atoms with van der Waals surface area (Å²) in [6.45, 7) is 15.6. The molecule has 0 fully saturated rings. The molecular formula is C25H35NO2. The minimum Gasteiger partial charge on any atom is -0.462 e. The van der Waals surface area contributed by atoms with Crippen LogP contribution in [0.25, 0.3) is 0 Å². The lowest BCUT2D eigenvalue weighted by Crippen LogP contribution is -2.29. The molecule has 0 aliphatic heterocycles. The van der Waals surface area contributed by atoms with Crippen molar-refractivity contribution >= 4 is 0 Å². The fourth-order valence-electron chi connectivity index (χ4n) is 3.32. The summed E-state index contributed by atoms with van der Waals surface area (Å²) in [5.74, 6) is 1.52. The van der Waals surface area contributed by atoms with Gasteiger partial charge in [-0.05, 0) is 64.2 Å². The van der Waals surface area contributed by atoms with Crippen LogP contribution in [0, 0.1) is 6.92 Å². The lowest BCUT2D eigenvalue weighted by atomic mass is 9.89. The summed E-state index contributed by atoms with van der Waals surface area (Å²) in [5, 5.41) is 11.2. The lowest BCUT2D eigenvalue weighted by Gasteiger charge is -2.27. The molecule has 28 heavy (non-hydrogen) atoms. The summed E-state index contributed by atoms with van der Waals surface area (Å²) in [6.07, 6.45) is 6.38. The van der Waals surface area contributed by atoms with E-state index in [9.17, 15) is 5.11 Å². The molecule has 0 aliphatic rings. The molecule has 0 atom stereocenters. The normalized spacial score (nSPS) is 11.9.